The predicted molar refractivity (Wildman–Crippen MR) is 138 cm³/mol. The summed E-state index contributed by atoms with van der Waals surface area (Å²) < 4.78 is 23.4. The Kier molecular flexibility index (Phi) is 6.36. The number of hydrogen-bond acceptors (Lipinski definition) is 8. The number of carbonyl (C=O) groups is 3. The summed E-state index contributed by atoms with van der Waals surface area (Å²) in [7, 11) is 0. The third-order valence-electron chi connectivity index (χ3n) is 11.7. The van der Waals surface area contributed by atoms with E-state index in [9.17, 15) is 14.4 Å². The minimum Gasteiger partial charge on any atom is -0.460 e. The van der Waals surface area contributed by atoms with Gasteiger partial charge in [-0.2, -0.15) is 0 Å². The number of carbonyl (C=O) groups excluding carboxylic acids is 3. The van der Waals surface area contributed by atoms with Crippen LogP contribution in [0, 0.1) is 39.9 Å². The summed E-state index contributed by atoms with van der Waals surface area (Å²) in [5, 5.41) is 0. The smallest absolute Gasteiger partial charge is 0.332 e. The van der Waals surface area contributed by atoms with Crippen molar-refractivity contribution in [2.75, 3.05) is 39.5 Å². The van der Waals surface area contributed by atoms with Gasteiger partial charge in [-0.25, -0.2) is 9.59 Å². The largest absolute Gasteiger partial charge is 0.460 e. The normalized spacial score (nSPS) is 46.3. The zero-order chi connectivity index (χ0) is 27.0. The highest BCUT2D eigenvalue weighted by Crippen LogP contribution is 2.83. The first-order valence-electron chi connectivity index (χ1n) is 14.7. The Morgan fingerprint density at radius 3 is 2.39 bits per heavy atom. The zero-order valence-electron chi connectivity index (χ0n) is 23.3. The van der Waals surface area contributed by atoms with Crippen LogP contribution in [0.5, 0.6) is 0 Å². The fourth-order valence-corrected chi connectivity index (χ4v) is 10.8. The molecule has 0 unspecified atom stereocenters. The second-order valence-corrected chi connectivity index (χ2v) is 12.9. The average Bonchev–Trinajstić information content (AvgIpc) is 3.42. The van der Waals surface area contributed by atoms with E-state index in [2.05, 4.69) is 25.3 Å². The van der Waals surface area contributed by atoms with Gasteiger partial charge in [0.1, 0.15) is 31.2 Å². The summed E-state index contributed by atoms with van der Waals surface area (Å²) in [5.41, 5.74) is 0.151. The molecule has 6 rings (SSSR count). The third-order valence-corrected chi connectivity index (χ3v) is 11.7. The summed E-state index contributed by atoms with van der Waals surface area (Å²) in [4.78, 5) is 42.2. The molecule has 0 aromatic carbocycles. The van der Waals surface area contributed by atoms with Gasteiger partial charge in [-0.15, -0.1) is 0 Å². The maximum atomic E-state index is 13.7. The van der Waals surface area contributed by atoms with Crippen LogP contribution in [0.2, 0.25) is 0 Å². The maximum absolute atomic E-state index is 13.7. The number of ketones is 1. The molecule has 0 radical (unpaired) electrons. The Morgan fingerprint density at radius 2 is 1.74 bits per heavy atom. The number of ether oxygens (including phenoxy) is 4. The molecule has 38 heavy (non-hydrogen) atoms. The van der Waals surface area contributed by atoms with Crippen LogP contribution in [0.15, 0.2) is 12.2 Å². The minimum atomic E-state index is -0.505. The topological polar surface area (TPSA) is 91.4 Å². The lowest BCUT2D eigenvalue weighted by molar-refractivity contribution is -0.226. The molecule has 210 valence electrons. The van der Waals surface area contributed by atoms with Gasteiger partial charge in [0.2, 0.25) is 0 Å². The van der Waals surface area contributed by atoms with E-state index < -0.39 is 12.1 Å². The van der Waals surface area contributed by atoms with Crippen molar-refractivity contribution in [2.24, 2.45) is 39.9 Å². The lowest BCUT2D eigenvalue weighted by Gasteiger charge is -2.65. The van der Waals surface area contributed by atoms with Crippen molar-refractivity contribution in [1.82, 2.24) is 4.90 Å². The summed E-state index contributed by atoms with van der Waals surface area (Å²) in [6.07, 6.45) is 3.16. The van der Waals surface area contributed by atoms with Crippen molar-refractivity contribution < 1.29 is 33.3 Å². The number of rotatable bonds is 9. The zero-order valence-corrected chi connectivity index (χ0v) is 23.3. The summed E-state index contributed by atoms with van der Waals surface area (Å²) in [6, 6.07) is 0.186. The van der Waals surface area contributed by atoms with Crippen LogP contribution in [0.1, 0.15) is 59.8 Å². The first-order valence-corrected chi connectivity index (χ1v) is 14.7. The van der Waals surface area contributed by atoms with Gasteiger partial charge in [0, 0.05) is 49.0 Å². The van der Waals surface area contributed by atoms with E-state index in [1.165, 1.54) is 0 Å². The van der Waals surface area contributed by atoms with Crippen LogP contribution in [-0.4, -0.2) is 80.4 Å². The van der Waals surface area contributed by atoms with Gasteiger partial charge in [-0.1, -0.05) is 20.4 Å². The van der Waals surface area contributed by atoms with Crippen LogP contribution in [-0.2, 0) is 33.3 Å². The van der Waals surface area contributed by atoms with Gasteiger partial charge < -0.3 is 18.9 Å². The third kappa shape index (κ3) is 3.23. The molecule has 1 aliphatic heterocycles. The maximum Gasteiger partial charge on any atom is 0.332 e. The molecule has 0 N–H and O–H groups in total. The molecule has 6 fully saturated rings. The summed E-state index contributed by atoms with van der Waals surface area (Å²) in [6.45, 7) is 15.4. The van der Waals surface area contributed by atoms with Gasteiger partial charge in [-0.05, 0) is 74.8 Å². The van der Waals surface area contributed by atoms with E-state index in [0.29, 0.717) is 32.0 Å². The number of likely N-dealkylation sites (tertiary alicyclic amines) is 1. The summed E-state index contributed by atoms with van der Waals surface area (Å²) >= 11 is 0. The lowest BCUT2D eigenvalue weighted by Crippen LogP contribution is -2.69. The van der Waals surface area contributed by atoms with Crippen molar-refractivity contribution in [3.05, 3.63) is 12.2 Å². The molecule has 7 bridgehead atoms. The van der Waals surface area contributed by atoms with Crippen molar-refractivity contribution in [3.63, 3.8) is 0 Å². The Bertz CT molecular complexity index is 1040. The second kappa shape index (κ2) is 9.13. The van der Waals surface area contributed by atoms with E-state index in [1.807, 2.05) is 13.8 Å². The van der Waals surface area contributed by atoms with Crippen LogP contribution in [0.3, 0.4) is 0 Å². The Balaban J connectivity index is 1.46. The van der Waals surface area contributed by atoms with E-state index >= 15 is 0 Å². The quantitative estimate of drug-likeness (QED) is 0.332. The molecule has 5 aliphatic carbocycles. The fourth-order valence-electron chi connectivity index (χ4n) is 10.8. The summed E-state index contributed by atoms with van der Waals surface area (Å²) in [5.74, 6) is -0.184. The van der Waals surface area contributed by atoms with Crippen molar-refractivity contribution in [2.45, 2.75) is 78.0 Å². The predicted octanol–water partition coefficient (Wildman–Crippen LogP) is 3.17. The molecule has 8 nitrogen and oxygen atoms in total. The van der Waals surface area contributed by atoms with E-state index in [4.69, 9.17) is 18.9 Å². The first-order chi connectivity index (χ1) is 18.2. The highest BCUT2D eigenvalue weighted by atomic mass is 16.6. The molecule has 5 saturated carbocycles. The molecule has 2 spiro atoms. The molecule has 0 amide bonds. The van der Waals surface area contributed by atoms with Crippen LogP contribution in [0.4, 0.5) is 0 Å². The van der Waals surface area contributed by atoms with Crippen LogP contribution in [0.25, 0.3) is 0 Å². The molecule has 8 heteroatoms. The van der Waals surface area contributed by atoms with E-state index in [0.717, 1.165) is 37.9 Å². The molecule has 6 aliphatic rings. The Morgan fingerprint density at radius 1 is 1.05 bits per heavy atom. The molecular weight excluding hydrogens is 486 g/mol. The van der Waals surface area contributed by atoms with Crippen molar-refractivity contribution in [3.8, 4) is 0 Å². The van der Waals surface area contributed by atoms with Crippen LogP contribution >= 0.6 is 0 Å². The highest BCUT2D eigenvalue weighted by Gasteiger charge is 2.86. The molecule has 1 heterocycles. The molecule has 10 atom stereocenters. The Hall–Kier alpha value is -1.77. The Labute approximate surface area is 225 Å². The van der Waals surface area contributed by atoms with E-state index in [1.54, 1.807) is 0 Å². The van der Waals surface area contributed by atoms with Gasteiger partial charge in [-0.3, -0.25) is 9.69 Å². The molecular formula is C30H43NO7. The second-order valence-electron chi connectivity index (χ2n) is 12.9. The van der Waals surface area contributed by atoms with Crippen LogP contribution < -0.4 is 0 Å². The lowest BCUT2D eigenvalue weighted by atomic mass is 9.43. The first kappa shape index (κ1) is 26.5. The van der Waals surface area contributed by atoms with Gasteiger partial charge in [0.25, 0.3) is 0 Å². The number of nitrogens with zero attached hydrogens (tertiary/aromatic N) is 1. The fraction of sp³-hybridized carbons (Fsp3) is 0.833. The van der Waals surface area contributed by atoms with Crippen molar-refractivity contribution in [1.29, 1.82) is 0 Å². The van der Waals surface area contributed by atoms with Gasteiger partial charge >= 0.3 is 11.9 Å². The molecule has 1 saturated heterocycles. The average molecular weight is 530 g/mol. The number of fused-ring (bicyclic) bond motifs is 1. The van der Waals surface area contributed by atoms with Gasteiger partial charge in [0.15, 0.2) is 0 Å². The highest BCUT2D eigenvalue weighted by molar-refractivity contribution is 5.87. The van der Waals surface area contributed by atoms with E-state index in [-0.39, 0.29) is 71.1 Å². The molecule has 0 aromatic heterocycles. The SMILES string of the molecule is C=C1[C@H]2C[C@@]3([C@@H]1OC(=O)COCC)[C@@H](CC2=O)[C@@]12[C@@H](OC(=O)COCC)CC[C@@]4(C)CN(CC)[C@H]1[C@@H]3C[C@H]42. The molecule has 0 aromatic rings. The van der Waals surface area contributed by atoms with Gasteiger partial charge in [0.05, 0.1) is 0 Å². The van der Waals surface area contributed by atoms with Crippen molar-refractivity contribution >= 4 is 17.7 Å². The number of hydrogen-bond donors (Lipinski definition) is 0. The number of esters is 2. The number of Topliss-reactive ketones (excluding diaryl/α,β-unsaturated/α-hetero) is 1. The minimum absolute atomic E-state index is 0.0180. The monoisotopic (exact) mass is 529 g/mol. The number of piperidine rings is 1. The standard InChI is InChI=1S/C30H43NO7/c1-6-31-16-28(5)10-9-23(37-24(33)14-35-7-2)30-21(28)11-19(26(30)31)29-13-18(20(32)12-22(29)30)17(4)27(29)38-25(34)15-36-8-3/h18-19,21-23,26-27H,4,6-16H2,1-3,5H3/t18-,19+,21-,22-,23+,26+,27-,28+,29+,30+/m1/s1.